The molecule has 2 atom stereocenters. The van der Waals surface area contributed by atoms with Crippen LogP contribution < -0.4 is 19.9 Å². The first-order valence-electron chi connectivity index (χ1n) is 17.6. The summed E-state index contributed by atoms with van der Waals surface area (Å²) in [6, 6.07) is 3.78. The van der Waals surface area contributed by atoms with E-state index in [2.05, 4.69) is 20.8 Å². The SMILES string of the molecule is CCCCCCCCOc1cc(C2(C(N)=O)C(C=O)C2(C)C)cc(OCCCCCCCC)c1OCCCCCCCC. The molecule has 0 bridgehead atoms. The molecule has 0 aliphatic heterocycles. The lowest BCUT2D eigenvalue weighted by molar-refractivity contribution is -0.122. The van der Waals surface area contributed by atoms with Gasteiger partial charge in [0.05, 0.1) is 25.2 Å². The van der Waals surface area contributed by atoms with Crippen molar-refractivity contribution in [2.75, 3.05) is 19.8 Å². The summed E-state index contributed by atoms with van der Waals surface area (Å²) in [5.74, 6) is 0.797. The van der Waals surface area contributed by atoms with E-state index < -0.39 is 22.7 Å². The summed E-state index contributed by atoms with van der Waals surface area (Å²) in [4.78, 5) is 25.1. The van der Waals surface area contributed by atoms with E-state index in [1.54, 1.807) is 0 Å². The van der Waals surface area contributed by atoms with E-state index in [0.29, 0.717) is 42.6 Å². The zero-order chi connectivity index (χ0) is 31.6. The molecule has 1 aliphatic rings. The minimum absolute atomic E-state index is 0.487. The Morgan fingerprint density at radius 1 is 0.674 bits per heavy atom. The van der Waals surface area contributed by atoms with Gasteiger partial charge in [-0.25, -0.2) is 0 Å². The fraction of sp³-hybridized carbons (Fsp3) is 0.784. The van der Waals surface area contributed by atoms with Crippen molar-refractivity contribution >= 4 is 12.2 Å². The second-order valence-corrected chi connectivity index (χ2v) is 13.2. The van der Waals surface area contributed by atoms with E-state index in [9.17, 15) is 9.59 Å². The average Bonchev–Trinajstić information content (AvgIpc) is 3.51. The Labute approximate surface area is 263 Å². The molecule has 1 aromatic rings. The third-order valence-corrected chi connectivity index (χ3v) is 9.43. The smallest absolute Gasteiger partial charge is 0.229 e. The third kappa shape index (κ3) is 10.4. The standard InChI is InChI=1S/C37H63NO5/c1-6-9-12-15-18-21-24-41-31-27-30(37(35(38)40)33(29-39)36(37,4)5)28-32(42-25-22-19-16-13-10-7-2)34(31)43-26-23-20-17-14-11-8-3/h27-29,33H,6-26H2,1-5H3,(H2,38,40). The van der Waals surface area contributed by atoms with E-state index in [1.807, 2.05) is 26.0 Å². The molecule has 2 unspecified atom stereocenters. The Morgan fingerprint density at radius 3 is 1.40 bits per heavy atom. The molecule has 0 heterocycles. The van der Waals surface area contributed by atoms with Gasteiger partial charge in [0.15, 0.2) is 11.5 Å². The number of aldehydes is 1. The van der Waals surface area contributed by atoms with E-state index in [0.717, 1.165) is 44.8 Å². The van der Waals surface area contributed by atoms with Gasteiger partial charge in [0, 0.05) is 5.92 Å². The van der Waals surface area contributed by atoms with E-state index >= 15 is 0 Å². The van der Waals surface area contributed by atoms with E-state index in [1.165, 1.54) is 77.0 Å². The van der Waals surface area contributed by atoms with Gasteiger partial charge in [-0.1, -0.05) is 131 Å². The number of hydrogen-bond acceptors (Lipinski definition) is 5. The number of unbranched alkanes of at least 4 members (excludes halogenated alkanes) is 15. The van der Waals surface area contributed by atoms with Crippen LogP contribution in [0.25, 0.3) is 0 Å². The minimum atomic E-state index is -1.09. The van der Waals surface area contributed by atoms with Gasteiger partial charge in [0.2, 0.25) is 11.7 Å². The minimum Gasteiger partial charge on any atom is -0.490 e. The van der Waals surface area contributed by atoms with Crippen molar-refractivity contribution in [2.24, 2.45) is 17.1 Å². The highest BCUT2D eigenvalue weighted by Gasteiger charge is 2.76. The lowest BCUT2D eigenvalue weighted by Gasteiger charge is -2.23. The molecule has 0 saturated heterocycles. The molecule has 0 radical (unpaired) electrons. The summed E-state index contributed by atoms with van der Waals surface area (Å²) in [5, 5.41) is 0. The van der Waals surface area contributed by atoms with Crippen molar-refractivity contribution in [1.29, 1.82) is 0 Å². The van der Waals surface area contributed by atoms with Crippen LogP contribution in [0, 0.1) is 11.3 Å². The molecule has 6 heteroatoms. The molecule has 6 nitrogen and oxygen atoms in total. The van der Waals surface area contributed by atoms with Crippen molar-refractivity contribution in [1.82, 2.24) is 0 Å². The molecule has 1 aliphatic carbocycles. The van der Waals surface area contributed by atoms with Crippen molar-refractivity contribution in [3.8, 4) is 17.2 Å². The van der Waals surface area contributed by atoms with Gasteiger partial charge in [0.25, 0.3) is 0 Å². The van der Waals surface area contributed by atoms with Gasteiger partial charge in [-0.2, -0.15) is 0 Å². The molecule has 0 spiro atoms. The number of primary amides is 1. The maximum atomic E-state index is 13.0. The topological polar surface area (TPSA) is 87.9 Å². The van der Waals surface area contributed by atoms with Crippen LogP contribution in [-0.4, -0.2) is 32.0 Å². The van der Waals surface area contributed by atoms with Crippen LogP contribution in [0.2, 0.25) is 0 Å². The Bertz CT molecular complexity index is 906. The van der Waals surface area contributed by atoms with Crippen LogP contribution in [0.4, 0.5) is 0 Å². The molecule has 43 heavy (non-hydrogen) atoms. The lowest BCUT2D eigenvalue weighted by atomic mass is 9.86. The summed E-state index contributed by atoms with van der Waals surface area (Å²) in [7, 11) is 0. The predicted octanol–water partition coefficient (Wildman–Crippen LogP) is 9.48. The molecule has 1 amide bonds. The Kier molecular flexibility index (Phi) is 17.1. The molecule has 246 valence electrons. The van der Waals surface area contributed by atoms with Crippen molar-refractivity contribution in [3.63, 3.8) is 0 Å². The van der Waals surface area contributed by atoms with Crippen LogP contribution in [0.5, 0.6) is 17.2 Å². The van der Waals surface area contributed by atoms with Crippen LogP contribution in [0.15, 0.2) is 12.1 Å². The number of nitrogens with two attached hydrogens (primary N) is 1. The van der Waals surface area contributed by atoms with Gasteiger partial charge in [-0.05, 0) is 42.4 Å². The van der Waals surface area contributed by atoms with Gasteiger partial charge in [0.1, 0.15) is 6.29 Å². The summed E-state index contributed by atoms with van der Waals surface area (Å²) in [6.07, 6.45) is 21.9. The second kappa shape index (κ2) is 19.9. The van der Waals surface area contributed by atoms with Crippen LogP contribution >= 0.6 is 0 Å². The number of rotatable bonds is 27. The quantitative estimate of drug-likeness (QED) is 0.0801. The largest absolute Gasteiger partial charge is 0.490 e. The Balaban J connectivity index is 2.31. The maximum absolute atomic E-state index is 13.0. The number of carbonyl (C=O) groups excluding carboxylic acids is 2. The third-order valence-electron chi connectivity index (χ3n) is 9.43. The van der Waals surface area contributed by atoms with E-state index in [-0.39, 0.29) is 0 Å². The molecule has 0 aromatic heterocycles. The average molecular weight is 602 g/mol. The van der Waals surface area contributed by atoms with Crippen LogP contribution in [-0.2, 0) is 15.0 Å². The summed E-state index contributed by atoms with van der Waals surface area (Å²) < 4.78 is 19.2. The van der Waals surface area contributed by atoms with Gasteiger partial charge in [-0.3, -0.25) is 4.79 Å². The summed E-state index contributed by atoms with van der Waals surface area (Å²) >= 11 is 0. The van der Waals surface area contributed by atoms with Crippen LogP contribution in [0.1, 0.15) is 156 Å². The molecule has 1 fully saturated rings. The maximum Gasteiger partial charge on any atom is 0.229 e. The number of benzene rings is 1. The normalized spacial score (nSPS) is 18.8. The van der Waals surface area contributed by atoms with Crippen molar-refractivity contribution in [3.05, 3.63) is 17.7 Å². The van der Waals surface area contributed by atoms with Gasteiger partial charge >= 0.3 is 0 Å². The fourth-order valence-electron chi connectivity index (χ4n) is 6.59. The highest BCUT2D eigenvalue weighted by atomic mass is 16.5. The highest BCUT2D eigenvalue weighted by Crippen LogP contribution is 2.69. The Morgan fingerprint density at radius 2 is 1.05 bits per heavy atom. The Hall–Kier alpha value is -2.24. The molecular weight excluding hydrogens is 538 g/mol. The summed E-state index contributed by atoms with van der Waals surface area (Å²) in [6.45, 7) is 12.3. The van der Waals surface area contributed by atoms with Gasteiger partial charge in [-0.15, -0.1) is 0 Å². The number of amides is 1. The molecule has 1 saturated carbocycles. The molecular formula is C37H63NO5. The lowest BCUT2D eigenvalue weighted by Crippen LogP contribution is -2.34. The number of hydrogen-bond donors (Lipinski definition) is 1. The fourth-order valence-corrected chi connectivity index (χ4v) is 6.59. The van der Waals surface area contributed by atoms with Gasteiger partial charge < -0.3 is 24.7 Å². The molecule has 1 aromatic carbocycles. The van der Waals surface area contributed by atoms with Crippen LogP contribution in [0.3, 0.4) is 0 Å². The predicted molar refractivity (Wildman–Crippen MR) is 177 cm³/mol. The zero-order valence-corrected chi connectivity index (χ0v) is 28.3. The molecule has 2 N–H and O–H groups in total. The second-order valence-electron chi connectivity index (χ2n) is 13.2. The van der Waals surface area contributed by atoms with E-state index in [4.69, 9.17) is 19.9 Å². The van der Waals surface area contributed by atoms with Crippen molar-refractivity contribution in [2.45, 2.75) is 156 Å². The zero-order valence-electron chi connectivity index (χ0n) is 28.3. The monoisotopic (exact) mass is 601 g/mol. The first-order valence-corrected chi connectivity index (χ1v) is 17.6. The number of carbonyl (C=O) groups is 2. The summed E-state index contributed by atoms with van der Waals surface area (Å²) in [5.41, 5.74) is 5.04. The van der Waals surface area contributed by atoms with Crippen molar-refractivity contribution < 1.29 is 23.8 Å². The first kappa shape index (κ1) is 36.9. The number of ether oxygens (including phenoxy) is 3. The first-order chi connectivity index (χ1) is 20.8. The molecule has 2 rings (SSSR count). The highest BCUT2D eigenvalue weighted by molar-refractivity contribution is 5.98.